The third-order valence-corrected chi connectivity index (χ3v) is 6.26. The highest BCUT2D eigenvalue weighted by molar-refractivity contribution is 7.89. The van der Waals surface area contributed by atoms with Crippen molar-refractivity contribution in [2.45, 2.75) is 17.9 Å². The van der Waals surface area contributed by atoms with Crippen molar-refractivity contribution in [3.63, 3.8) is 0 Å². The Morgan fingerprint density at radius 3 is 2.40 bits per heavy atom. The quantitative estimate of drug-likeness (QED) is 0.540. The van der Waals surface area contributed by atoms with E-state index in [1.807, 2.05) is 54.6 Å². The number of sulfonamides is 1. The van der Waals surface area contributed by atoms with Crippen LogP contribution in [0.4, 0.5) is 0 Å². The fourth-order valence-electron chi connectivity index (χ4n) is 3.17. The monoisotopic (exact) mass is 426 g/mol. The molecule has 0 fully saturated rings. The second-order valence-electron chi connectivity index (χ2n) is 6.95. The lowest BCUT2D eigenvalue weighted by atomic mass is 10.1. The molecule has 0 aromatic heterocycles. The zero-order valence-corrected chi connectivity index (χ0v) is 17.8. The summed E-state index contributed by atoms with van der Waals surface area (Å²) < 4.78 is 32.9. The fourth-order valence-corrected chi connectivity index (χ4v) is 4.23. The fraction of sp³-hybridized carbons (Fsp3) is 0.261. The maximum absolute atomic E-state index is 12.7. The van der Waals surface area contributed by atoms with Gasteiger partial charge < -0.3 is 9.64 Å². The van der Waals surface area contributed by atoms with Crippen LogP contribution in [0.1, 0.15) is 12.0 Å². The molecule has 0 saturated heterocycles. The highest BCUT2D eigenvalue weighted by Crippen LogP contribution is 2.18. The molecule has 0 atom stereocenters. The van der Waals surface area contributed by atoms with Gasteiger partial charge in [-0.3, -0.25) is 4.79 Å². The van der Waals surface area contributed by atoms with Crippen LogP contribution in [0.2, 0.25) is 0 Å². The van der Waals surface area contributed by atoms with E-state index in [0.29, 0.717) is 19.7 Å². The lowest BCUT2D eigenvalue weighted by Gasteiger charge is -2.22. The topological polar surface area (TPSA) is 75.7 Å². The van der Waals surface area contributed by atoms with Gasteiger partial charge in [0.25, 0.3) is 0 Å². The predicted octanol–water partition coefficient (Wildman–Crippen LogP) is 3.18. The van der Waals surface area contributed by atoms with E-state index in [2.05, 4.69) is 4.72 Å². The molecule has 6 nitrogen and oxygen atoms in total. The molecule has 0 radical (unpaired) electrons. The Labute approximate surface area is 177 Å². The lowest BCUT2D eigenvalue weighted by Crippen LogP contribution is -2.36. The van der Waals surface area contributed by atoms with Crippen molar-refractivity contribution in [3.05, 3.63) is 78.4 Å². The molecule has 0 saturated carbocycles. The molecule has 3 aromatic rings. The SMILES string of the molecule is COCCN(Cc1ccccc1)C(=O)CCNS(=O)(=O)c1ccc2ccccc2c1. The first kappa shape index (κ1) is 22.0. The number of rotatable bonds is 10. The van der Waals surface area contributed by atoms with Crippen LogP contribution in [-0.4, -0.2) is 46.0 Å². The van der Waals surface area contributed by atoms with Crippen LogP contribution < -0.4 is 4.72 Å². The normalized spacial score (nSPS) is 11.5. The van der Waals surface area contributed by atoms with E-state index in [0.717, 1.165) is 16.3 Å². The first-order valence-corrected chi connectivity index (χ1v) is 11.3. The summed E-state index contributed by atoms with van der Waals surface area (Å²) in [6.07, 6.45) is 0.0728. The zero-order chi connectivity index (χ0) is 21.4. The van der Waals surface area contributed by atoms with Crippen LogP contribution in [0.25, 0.3) is 10.8 Å². The molecule has 158 valence electrons. The molecule has 30 heavy (non-hydrogen) atoms. The third kappa shape index (κ3) is 5.89. The zero-order valence-electron chi connectivity index (χ0n) is 17.0. The summed E-state index contributed by atoms with van der Waals surface area (Å²) in [5.74, 6) is -0.128. The molecule has 0 aliphatic rings. The molecule has 0 aliphatic carbocycles. The van der Waals surface area contributed by atoms with E-state index in [9.17, 15) is 13.2 Å². The number of methoxy groups -OCH3 is 1. The van der Waals surface area contributed by atoms with Crippen molar-refractivity contribution in [3.8, 4) is 0 Å². The molecule has 1 amide bonds. The number of fused-ring (bicyclic) bond motifs is 1. The van der Waals surface area contributed by atoms with Crippen LogP contribution in [0.5, 0.6) is 0 Å². The Bertz CT molecular complexity index is 1080. The molecule has 3 rings (SSSR count). The second kappa shape index (κ2) is 10.3. The van der Waals surface area contributed by atoms with Gasteiger partial charge in [-0.1, -0.05) is 60.7 Å². The van der Waals surface area contributed by atoms with Gasteiger partial charge in [-0.15, -0.1) is 0 Å². The summed E-state index contributed by atoms with van der Waals surface area (Å²) in [5.41, 5.74) is 1.01. The van der Waals surface area contributed by atoms with Gasteiger partial charge in [-0.2, -0.15) is 0 Å². The van der Waals surface area contributed by atoms with Crippen molar-refractivity contribution in [2.24, 2.45) is 0 Å². The Kier molecular flexibility index (Phi) is 7.57. The third-order valence-electron chi connectivity index (χ3n) is 4.80. The Morgan fingerprint density at radius 2 is 1.67 bits per heavy atom. The van der Waals surface area contributed by atoms with E-state index in [1.54, 1.807) is 30.2 Å². The number of hydrogen-bond acceptors (Lipinski definition) is 4. The van der Waals surface area contributed by atoms with Gasteiger partial charge in [0.15, 0.2) is 0 Å². The summed E-state index contributed by atoms with van der Waals surface area (Å²) >= 11 is 0. The number of hydrogen-bond donors (Lipinski definition) is 1. The van der Waals surface area contributed by atoms with Crippen molar-refractivity contribution in [1.29, 1.82) is 0 Å². The van der Waals surface area contributed by atoms with Gasteiger partial charge in [0.1, 0.15) is 0 Å². The van der Waals surface area contributed by atoms with Crippen molar-refractivity contribution in [1.82, 2.24) is 9.62 Å². The van der Waals surface area contributed by atoms with E-state index >= 15 is 0 Å². The maximum atomic E-state index is 12.7. The summed E-state index contributed by atoms with van der Waals surface area (Å²) in [7, 11) is -2.11. The molecule has 0 bridgehead atoms. The first-order chi connectivity index (χ1) is 14.5. The van der Waals surface area contributed by atoms with Gasteiger partial charge >= 0.3 is 0 Å². The minimum absolute atomic E-state index is 0.0340. The van der Waals surface area contributed by atoms with Crippen LogP contribution in [0, 0.1) is 0 Å². The summed E-state index contributed by atoms with van der Waals surface area (Å²) in [5, 5.41) is 1.83. The van der Waals surface area contributed by atoms with E-state index in [4.69, 9.17) is 4.74 Å². The summed E-state index contributed by atoms with van der Waals surface area (Å²) in [4.78, 5) is 14.6. The van der Waals surface area contributed by atoms with Gasteiger partial charge in [-0.05, 0) is 28.5 Å². The van der Waals surface area contributed by atoms with Crippen molar-refractivity contribution < 1.29 is 17.9 Å². The maximum Gasteiger partial charge on any atom is 0.240 e. The van der Waals surface area contributed by atoms with E-state index in [-0.39, 0.29) is 23.8 Å². The molecule has 7 heteroatoms. The number of amides is 1. The number of ether oxygens (including phenoxy) is 1. The molecule has 0 unspecified atom stereocenters. The largest absolute Gasteiger partial charge is 0.383 e. The smallest absolute Gasteiger partial charge is 0.240 e. The van der Waals surface area contributed by atoms with Crippen LogP contribution in [-0.2, 0) is 26.1 Å². The lowest BCUT2D eigenvalue weighted by molar-refractivity contribution is -0.132. The molecule has 0 aliphatic heterocycles. The number of carbonyl (C=O) groups excluding carboxylic acids is 1. The van der Waals surface area contributed by atoms with E-state index in [1.165, 1.54) is 0 Å². The Hall–Kier alpha value is -2.74. The van der Waals surface area contributed by atoms with Gasteiger partial charge in [-0.25, -0.2) is 13.1 Å². The van der Waals surface area contributed by atoms with Gasteiger partial charge in [0.2, 0.25) is 15.9 Å². The Morgan fingerprint density at radius 1 is 0.967 bits per heavy atom. The average molecular weight is 427 g/mol. The molecule has 1 N–H and O–H groups in total. The Balaban J connectivity index is 1.61. The minimum Gasteiger partial charge on any atom is -0.383 e. The molecule has 3 aromatic carbocycles. The molecular formula is C23H26N2O4S. The van der Waals surface area contributed by atoms with Crippen LogP contribution >= 0.6 is 0 Å². The highest BCUT2D eigenvalue weighted by atomic mass is 32.2. The predicted molar refractivity (Wildman–Crippen MR) is 117 cm³/mol. The molecular weight excluding hydrogens is 400 g/mol. The van der Waals surface area contributed by atoms with Gasteiger partial charge in [0, 0.05) is 33.2 Å². The van der Waals surface area contributed by atoms with E-state index < -0.39 is 10.0 Å². The standard InChI is InChI=1S/C23H26N2O4S/c1-29-16-15-25(18-19-7-3-2-4-8-19)23(26)13-14-24-30(27,28)22-12-11-20-9-5-6-10-21(20)17-22/h2-12,17,24H,13-16,18H2,1H3. The van der Waals surface area contributed by atoms with Gasteiger partial charge in [0.05, 0.1) is 11.5 Å². The second-order valence-corrected chi connectivity index (χ2v) is 8.72. The summed E-state index contributed by atoms with van der Waals surface area (Å²) in [6, 6.07) is 22.2. The van der Waals surface area contributed by atoms with Crippen molar-refractivity contribution in [2.75, 3.05) is 26.8 Å². The first-order valence-electron chi connectivity index (χ1n) is 9.79. The number of carbonyl (C=O) groups is 1. The average Bonchev–Trinajstić information content (AvgIpc) is 2.76. The van der Waals surface area contributed by atoms with Crippen LogP contribution in [0.15, 0.2) is 77.7 Å². The number of nitrogens with zero attached hydrogens (tertiary/aromatic N) is 1. The number of benzene rings is 3. The minimum atomic E-state index is -3.69. The summed E-state index contributed by atoms with van der Waals surface area (Å²) in [6.45, 7) is 1.36. The molecule has 0 heterocycles. The van der Waals surface area contributed by atoms with Crippen LogP contribution in [0.3, 0.4) is 0 Å². The highest BCUT2D eigenvalue weighted by Gasteiger charge is 2.17. The van der Waals surface area contributed by atoms with Crippen molar-refractivity contribution >= 4 is 26.7 Å². The number of nitrogens with one attached hydrogen (secondary N) is 1. The molecule has 0 spiro atoms.